The molecule has 66 valence electrons. The van der Waals surface area contributed by atoms with E-state index in [9.17, 15) is 4.79 Å². The van der Waals surface area contributed by atoms with Gasteiger partial charge in [0.25, 0.3) is 0 Å². The molecule has 0 unspecified atom stereocenters. The van der Waals surface area contributed by atoms with Gasteiger partial charge in [-0.1, -0.05) is 30.2 Å². The number of aliphatic hydroxyl groups is 1. The molecule has 0 radical (unpaired) electrons. The second kappa shape index (κ2) is 4.32. The second-order valence-electron chi connectivity index (χ2n) is 2.72. The van der Waals surface area contributed by atoms with Crippen LogP contribution in [-0.2, 0) is 6.42 Å². The van der Waals surface area contributed by atoms with Gasteiger partial charge in [-0.25, -0.2) is 0 Å². The molecule has 0 heterocycles. The summed E-state index contributed by atoms with van der Waals surface area (Å²) in [4.78, 5) is 10.9. The number of hydrogen-bond donors (Lipinski definition) is 1. The number of aliphatic hydroxyl groups excluding tert-OH is 1. The Kier molecular flexibility index (Phi) is 3.10. The molecule has 0 amide bonds. The Bertz CT molecular complexity index is 352. The third-order valence-corrected chi connectivity index (χ3v) is 1.73. The van der Waals surface area contributed by atoms with Crippen LogP contribution in [-0.4, -0.2) is 10.9 Å². The van der Waals surface area contributed by atoms with E-state index in [1.54, 1.807) is 12.1 Å². The first-order valence-corrected chi connectivity index (χ1v) is 3.96. The van der Waals surface area contributed by atoms with Gasteiger partial charge in [0.1, 0.15) is 6.11 Å². The van der Waals surface area contributed by atoms with Crippen LogP contribution in [0, 0.1) is 12.0 Å². The molecule has 1 rings (SSSR count). The molecule has 0 fully saturated rings. The minimum atomic E-state index is 0.0554. The zero-order valence-corrected chi connectivity index (χ0v) is 7.37. The zero-order valence-electron chi connectivity index (χ0n) is 7.37. The van der Waals surface area contributed by atoms with E-state index in [0.717, 1.165) is 5.56 Å². The first-order chi connectivity index (χ1) is 6.24. The lowest BCUT2D eigenvalue weighted by atomic mass is 10.1. The number of benzene rings is 1. The first kappa shape index (κ1) is 9.34. The van der Waals surface area contributed by atoms with E-state index in [4.69, 9.17) is 5.11 Å². The predicted octanol–water partition coefficient (Wildman–Crippen LogP) is 1.77. The molecule has 2 heteroatoms. The number of hydrogen-bond acceptors (Lipinski definition) is 2. The molecule has 0 aliphatic rings. The molecular formula is C11H10O2. The molecule has 0 bridgehead atoms. The summed E-state index contributed by atoms with van der Waals surface area (Å²) in [6.45, 7) is 1.53. The highest BCUT2D eigenvalue weighted by atomic mass is 16.2. The summed E-state index contributed by atoms with van der Waals surface area (Å²) in [6, 6.07) is 7.19. The lowest BCUT2D eigenvalue weighted by Crippen LogP contribution is -1.91. The molecular weight excluding hydrogens is 164 g/mol. The van der Waals surface area contributed by atoms with Gasteiger partial charge in [0, 0.05) is 12.0 Å². The van der Waals surface area contributed by atoms with E-state index in [1.165, 1.54) is 6.92 Å². The minimum absolute atomic E-state index is 0.0554. The van der Waals surface area contributed by atoms with Crippen molar-refractivity contribution in [1.29, 1.82) is 0 Å². The lowest BCUT2D eigenvalue weighted by molar-refractivity contribution is 0.101. The summed E-state index contributed by atoms with van der Waals surface area (Å²) in [5, 5.41) is 8.26. The van der Waals surface area contributed by atoms with E-state index < -0.39 is 0 Å². The highest BCUT2D eigenvalue weighted by molar-refractivity contribution is 5.93. The Morgan fingerprint density at radius 1 is 1.38 bits per heavy atom. The molecule has 0 saturated carbocycles. The number of ketones is 1. The molecule has 0 aromatic heterocycles. The van der Waals surface area contributed by atoms with Crippen molar-refractivity contribution in [2.24, 2.45) is 0 Å². The third-order valence-electron chi connectivity index (χ3n) is 1.73. The molecule has 13 heavy (non-hydrogen) atoms. The van der Waals surface area contributed by atoms with Crippen molar-refractivity contribution in [3.8, 4) is 12.0 Å². The summed E-state index contributed by atoms with van der Waals surface area (Å²) in [6.07, 6.45) is 2.35. The molecule has 0 saturated heterocycles. The molecule has 2 nitrogen and oxygen atoms in total. The van der Waals surface area contributed by atoms with Crippen molar-refractivity contribution in [3.05, 3.63) is 35.4 Å². The quantitative estimate of drug-likeness (QED) is 0.548. The topological polar surface area (TPSA) is 37.3 Å². The van der Waals surface area contributed by atoms with Gasteiger partial charge in [0.2, 0.25) is 0 Å². The van der Waals surface area contributed by atoms with E-state index in [2.05, 4.69) is 5.92 Å². The summed E-state index contributed by atoms with van der Waals surface area (Å²) >= 11 is 0. The van der Waals surface area contributed by atoms with E-state index >= 15 is 0 Å². The van der Waals surface area contributed by atoms with Gasteiger partial charge in [0.05, 0.1) is 0 Å². The van der Waals surface area contributed by atoms with Crippen LogP contribution < -0.4 is 0 Å². The van der Waals surface area contributed by atoms with Gasteiger partial charge >= 0.3 is 0 Å². The Morgan fingerprint density at radius 2 is 2.00 bits per heavy atom. The first-order valence-electron chi connectivity index (χ1n) is 3.96. The van der Waals surface area contributed by atoms with Crippen molar-refractivity contribution in [2.75, 3.05) is 0 Å². The summed E-state index contributed by atoms with van der Waals surface area (Å²) in [7, 11) is 0. The van der Waals surface area contributed by atoms with E-state index in [1.807, 2.05) is 18.2 Å². The zero-order chi connectivity index (χ0) is 9.68. The standard InChI is InChI=1S/C11H10O2/c1-9(13)11-6-4-10(5-7-11)3-2-8-12/h4-7,12H,3H2,1H3. The molecule has 0 spiro atoms. The van der Waals surface area contributed by atoms with Crippen LogP contribution in [0.4, 0.5) is 0 Å². The fourth-order valence-corrected chi connectivity index (χ4v) is 0.999. The van der Waals surface area contributed by atoms with Gasteiger partial charge in [-0.3, -0.25) is 4.79 Å². The monoisotopic (exact) mass is 174 g/mol. The van der Waals surface area contributed by atoms with Crippen molar-refractivity contribution in [2.45, 2.75) is 13.3 Å². The van der Waals surface area contributed by atoms with Crippen LogP contribution in [0.1, 0.15) is 22.8 Å². The Hall–Kier alpha value is -1.75. The Balaban J connectivity index is 2.79. The third kappa shape index (κ3) is 2.64. The molecule has 1 aromatic rings. The maximum absolute atomic E-state index is 10.9. The van der Waals surface area contributed by atoms with Crippen LogP contribution in [0.5, 0.6) is 0 Å². The van der Waals surface area contributed by atoms with Crippen molar-refractivity contribution in [1.82, 2.24) is 0 Å². The highest BCUT2D eigenvalue weighted by Gasteiger charge is 1.97. The van der Waals surface area contributed by atoms with Gasteiger partial charge in [-0.05, 0) is 12.5 Å². The lowest BCUT2D eigenvalue weighted by Gasteiger charge is -1.96. The molecule has 0 atom stereocenters. The average Bonchev–Trinajstić information content (AvgIpc) is 2.15. The predicted molar refractivity (Wildman–Crippen MR) is 49.9 cm³/mol. The normalized spacial score (nSPS) is 8.69. The van der Waals surface area contributed by atoms with Gasteiger partial charge in [0.15, 0.2) is 5.78 Å². The van der Waals surface area contributed by atoms with Crippen LogP contribution in [0.25, 0.3) is 0 Å². The second-order valence-corrected chi connectivity index (χ2v) is 2.72. The SMILES string of the molecule is CC(=O)c1ccc(CC#CO)cc1. The molecule has 1 aromatic carbocycles. The smallest absolute Gasteiger partial charge is 0.159 e. The van der Waals surface area contributed by atoms with Crippen molar-refractivity contribution < 1.29 is 9.90 Å². The van der Waals surface area contributed by atoms with Crippen LogP contribution in [0.15, 0.2) is 24.3 Å². The van der Waals surface area contributed by atoms with Crippen LogP contribution in [0.3, 0.4) is 0 Å². The maximum atomic E-state index is 10.9. The summed E-state index contributed by atoms with van der Waals surface area (Å²) in [5.41, 5.74) is 1.69. The summed E-state index contributed by atoms with van der Waals surface area (Å²) in [5.74, 6) is 2.59. The average molecular weight is 174 g/mol. The number of Topliss-reactive ketones (excluding diaryl/α,β-unsaturated/α-hetero) is 1. The van der Waals surface area contributed by atoms with Gasteiger partial charge in [-0.15, -0.1) is 0 Å². The highest BCUT2D eigenvalue weighted by Crippen LogP contribution is 2.05. The minimum Gasteiger partial charge on any atom is -0.462 e. The van der Waals surface area contributed by atoms with E-state index in [-0.39, 0.29) is 5.78 Å². The van der Waals surface area contributed by atoms with Crippen molar-refractivity contribution in [3.63, 3.8) is 0 Å². The maximum Gasteiger partial charge on any atom is 0.159 e. The number of carbonyl (C=O) groups excluding carboxylic acids is 1. The molecule has 1 N–H and O–H groups in total. The van der Waals surface area contributed by atoms with Crippen molar-refractivity contribution >= 4 is 5.78 Å². The largest absolute Gasteiger partial charge is 0.462 e. The Labute approximate surface area is 77.2 Å². The fourth-order valence-electron chi connectivity index (χ4n) is 0.999. The van der Waals surface area contributed by atoms with Crippen LogP contribution >= 0.6 is 0 Å². The molecule has 0 aliphatic carbocycles. The van der Waals surface area contributed by atoms with Gasteiger partial charge < -0.3 is 5.11 Å². The summed E-state index contributed by atoms with van der Waals surface area (Å²) < 4.78 is 0. The Morgan fingerprint density at radius 3 is 2.46 bits per heavy atom. The van der Waals surface area contributed by atoms with E-state index in [0.29, 0.717) is 12.0 Å². The fraction of sp³-hybridized carbons (Fsp3) is 0.182. The molecule has 0 aliphatic heterocycles. The van der Waals surface area contributed by atoms with Gasteiger partial charge in [-0.2, -0.15) is 0 Å². The number of carbonyl (C=O) groups is 1. The van der Waals surface area contributed by atoms with Crippen LogP contribution in [0.2, 0.25) is 0 Å². The number of rotatable bonds is 2.